The van der Waals surface area contributed by atoms with Gasteiger partial charge < -0.3 is 4.42 Å². The minimum absolute atomic E-state index is 0.0320. The fraction of sp³-hybridized carbons (Fsp3) is 0.211. The topological polar surface area (TPSA) is 77.2 Å². The fourth-order valence-electron chi connectivity index (χ4n) is 2.34. The molecule has 1 heterocycles. The summed E-state index contributed by atoms with van der Waals surface area (Å²) >= 11 is 0. The molecule has 0 spiro atoms. The first kappa shape index (κ1) is 16.9. The van der Waals surface area contributed by atoms with Gasteiger partial charge in [0.15, 0.2) is 6.61 Å². The lowest BCUT2D eigenvalue weighted by Gasteiger charge is -2.04. The maximum Gasteiger partial charge on any atom is 0.247 e. The molecule has 0 saturated carbocycles. The summed E-state index contributed by atoms with van der Waals surface area (Å²) in [5, 5.41) is 7.86. The Morgan fingerprint density at radius 1 is 1.00 bits per heavy atom. The van der Waals surface area contributed by atoms with Crippen molar-refractivity contribution < 1.29 is 14.0 Å². The molecule has 25 heavy (non-hydrogen) atoms. The van der Waals surface area contributed by atoms with Crippen molar-refractivity contribution in [2.75, 3.05) is 0 Å². The van der Waals surface area contributed by atoms with Gasteiger partial charge in [0, 0.05) is 12.0 Å². The molecule has 1 aromatic heterocycles. The van der Waals surface area contributed by atoms with Crippen LogP contribution in [0, 0.1) is 0 Å². The van der Waals surface area contributed by atoms with Crippen LogP contribution in [0.15, 0.2) is 65.1 Å². The van der Waals surface area contributed by atoms with Crippen molar-refractivity contribution in [1.29, 1.82) is 0 Å². The van der Waals surface area contributed by atoms with Crippen LogP contribution >= 0.6 is 0 Å². The second-order valence-electron chi connectivity index (χ2n) is 5.52. The summed E-state index contributed by atoms with van der Waals surface area (Å²) in [4.78, 5) is 16.9. The van der Waals surface area contributed by atoms with E-state index in [9.17, 15) is 4.79 Å². The molecule has 0 atom stereocenters. The smallest absolute Gasteiger partial charge is 0.247 e. The third-order valence-electron chi connectivity index (χ3n) is 3.58. The van der Waals surface area contributed by atoms with Gasteiger partial charge in [0.25, 0.3) is 0 Å². The first-order valence-corrected chi connectivity index (χ1v) is 8.13. The zero-order valence-corrected chi connectivity index (χ0v) is 13.7. The maximum atomic E-state index is 11.7. The number of carbonyl (C=O) groups excluding carboxylic acids is 1. The van der Waals surface area contributed by atoms with Crippen LogP contribution in [0.25, 0.3) is 11.5 Å². The molecule has 3 rings (SSSR count). The van der Waals surface area contributed by atoms with E-state index < -0.39 is 0 Å². The van der Waals surface area contributed by atoms with Crippen molar-refractivity contribution in [2.24, 2.45) is 0 Å². The molecule has 6 heteroatoms. The highest BCUT2D eigenvalue weighted by Crippen LogP contribution is 2.16. The van der Waals surface area contributed by atoms with E-state index in [1.54, 1.807) is 0 Å². The molecule has 1 N–H and O–H groups in total. The molecule has 0 unspecified atom stereocenters. The van der Waals surface area contributed by atoms with Gasteiger partial charge >= 0.3 is 0 Å². The molecule has 0 radical (unpaired) electrons. The number of rotatable bonds is 8. The van der Waals surface area contributed by atoms with E-state index in [-0.39, 0.29) is 12.5 Å². The SMILES string of the molecule is O=C(CCCc1ccccc1)NOCc1nnc(-c2ccccc2)o1. The Morgan fingerprint density at radius 2 is 1.72 bits per heavy atom. The number of hydrogen-bond acceptors (Lipinski definition) is 5. The molecule has 1 amide bonds. The van der Waals surface area contributed by atoms with Crippen LogP contribution in [0.2, 0.25) is 0 Å². The van der Waals surface area contributed by atoms with Gasteiger partial charge in [-0.1, -0.05) is 48.5 Å². The average Bonchev–Trinajstić information content (AvgIpc) is 3.12. The summed E-state index contributed by atoms with van der Waals surface area (Å²) in [6.07, 6.45) is 2.02. The van der Waals surface area contributed by atoms with Crippen molar-refractivity contribution in [2.45, 2.75) is 25.9 Å². The molecule has 0 aliphatic heterocycles. The monoisotopic (exact) mass is 337 g/mol. The third-order valence-corrected chi connectivity index (χ3v) is 3.58. The third kappa shape index (κ3) is 5.26. The van der Waals surface area contributed by atoms with Gasteiger partial charge in [0.2, 0.25) is 17.7 Å². The van der Waals surface area contributed by atoms with E-state index in [1.807, 2.05) is 60.7 Å². The number of nitrogens with one attached hydrogen (secondary N) is 1. The largest absolute Gasteiger partial charge is 0.418 e. The van der Waals surface area contributed by atoms with Crippen LogP contribution in [-0.4, -0.2) is 16.1 Å². The van der Waals surface area contributed by atoms with Gasteiger partial charge in [-0.2, -0.15) is 0 Å². The summed E-state index contributed by atoms with van der Waals surface area (Å²) in [7, 11) is 0. The Balaban J connectivity index is 1.36. The van der Waals surface area contributed by atoms with Gasteiger partial charge in [-0.15, -0.1) is 10.2 Å². The van der Waals surface area contributed by atoms with E-state index >= 15 is 0 Å². The van der Waals surface area contributed by atoms with E-state index in [0.29, 0.717) is 18.2 Å². The molecular formula is C19H19N3O3. The van der Waals surface area contributed by atoms with Gasteiger partial charge in [-0.3, -0.25) is 9.63 Å². The van der Waals surface area contributed by atoms with Gasteiger partial charge in [-0.25, -0.2) is 5.48 Å². The molecule has 128 valence electrons. The molecule has 0 fully saturated rings. The maximum absolute atomic E-state index is 11.7. The second-order valence-corrected chi connectivity index (χ2v) is 5.52. The van der Waals surface area contributed by atoms with Gasteiger partial charge in [0.05, 0.1) is 0 Å². The van der Waals surface area contributed by atoms with Crippen LogP contribution < -0.4 is 5.48 Å². The minimum Gasteiger partial charge on any atom is -0.418 e. The van der Waals surface area contributed by atoms with Crippen molar-refractivity contribution in [1.82, 2.24) is 15.7 Å². The zero-order valence-electron chi connectivity index (χ0n) is 13.7. The lowest BCUT2D eigenvalue weighted by atomic mass is 10.1. The standard InChI is InChI=1S/C19H19N3O3/c23-17(13-7-10-15-8-3-1-4-9-15)22-24-14-18-20-21-19(25-18)16-11-5-2-6-12-16/h1-6,8-9,11-12H,7,10,13-14H2,(H,22,23). The van der Waals surface area contributed by atoms with E-state index in [1.165, 1.54) is 5.56 Å². The highest BCUT2D eigenvalue weighted by atomic mass is 16.7. The summed E-state index contributed by atoms with van der Waals surface area (Å²) in [6.45, 7) is 0.0320. The summed E-state index contributed by atoms with van der Waals surface area (Å²) in [5.41, 5.74) is 4.46. The molecule has 0 aliphatic carbocycles. The Hall–Kier alpha value is -2.99. The summed E-state index contributed by atoms with van der Waals surface area (Å²) in [6, 6.07) is 19.5. The highest BCUT2D eigenvalue weighted by Gasteiger charge is 2.09. The number of amides is 1. The highest BCUT2D eigenvalue weighted by molar-refractivity contribution is 5.74. The quantitative estimate of drug-likeness (QED) is 0.638. The van der Waals surface area contributed by atoms with Crippen molar-refractivity contribution in [3.63, 3.8) is 0 Å². The number of hydroxylamine groups is 1. The van der Waals surface area contributed by atoms with Crippen molar-refractivity contribution >= 4 is 5.91 Å². The Bertz CT molecular complexity index is 788. The molecule has 0 aliphatic rings. The Kier molecular flexibility index (Phi) is 5.90. The predicted molar refractivity (Wildman–Crippen MR) is 92.0 cm³/mol. The van der Waals surface area contributed by atoms with Crippen LogP contribution in [0.5, 0.6) is 0 Å². The second kappa shape index (κ2) is 8.75. The number of nitrogens with zero attached hydrogens (tertiary/aromatic N) is 2. The Labute approximate surface area is 145 Å². The molecule has 0 saturated heterocycles. The number of aromatic nitrogens is 2. The van der Waals surface area contributed by atoms with Crippen LogP contribution in [0.4, 0.5) is 0 Å². The normalized spacial score (nSPS) is 10.6. The van der Waals surface area contributed by atoms with E-state index in [0.717, 1.165) is 18.4 Å². The lowest BCUT2D eigenvalue weighted by molar-refractivity contribution is -0.135. The molecule has 6 nitrogen and oxygen atoms in total. The molecule has 0 bridgehead atoms. The van der Waals surface area contributed by atoms with Crippen LogP contribution in [0.1, 0.15) is 24.3 Å². The predicted octanol–water partition coefficient (Wildman–Crippen LogP) is 3.31. The zero-order chi connectivity index (χ0) is 17.3. The summed E-state index contributed by atoms with van der Waals surface area (Å²) < 4.78 is 5.49. The number of carbonyl (C=O) groups is 1. The van der Waals surface area contributed by atoms with Gasteiger partial charge in [0.1, 0.15) is 0 Å². The van der Waals surface area contributed by atoms with E-state index in [4.69, 9.17) is 9.25 Å². The van der Waals surface area contributed by atoms with Crippen molar-refractivity contribution in [3.8, 4) is 11.5 Å². The average molecular weight is 337 g/mol. The number of benzene rings is 2. The van der Waals surface area contributed by atoms with Crippen LogP contribution in [-0.2, 0) is 22.7 Å². The minimum atomic E-state index is -0.168. The molecular weight excluding hydrogens is 318 g/mol. The summed E-state index contributed by atoms with van der Waals surface area (Å²) in [5.74, 6) is 0.565. The van der Waals surface area contributed by atoms with Crippen LogP contribution in [0.3, 0.4) is 0 Å². The number of aryl methyl sites for hydroxylation is 1. The first-order valence-electron chi connectivity index (χ1n) is 8.13. The lowest BCUT2D eigenvalue weighted by Crippen LogP contribution is -2.23. The van der Waals surface area contributed by atoms with Crippen molar-refractivity contribution in [3.05, 3.63) is 72.1 Å². The first-order chi connectivity index (χ1) is 12.3. The van der Waals surface area contributed by atoms with Gasteiger partial charge in [-0.05, 0) is 30.5 Å². The fourth-order valence-corrected chi connectivity index (χ4v) is 2.34. The molecule has 2 aromatic carbocycles. The molecule has 3 aromatic rings. The number of hydrogen-bond donors (Lipinski definition) is 1. The Morgan fingerprint density at radius 3 is 2.48 bits per heavy atom. The van der Waals surface area contributed by atoms with E-state index in [2.05, 4.69) is 15.7 Å².